The molecule has 0 bridgehead atoms. The molecule has 0 heteroatoms. The van der Waals surface area contributed by atoms with Crippen LogP contribution in [0, 0.1) is 178 Å². The molecule has 12 saturated carbocycles. The Morgan fingerprint density at radius 3 is 1.15 bits per heavy atom. The molecule has 6 unspecified atom stereocenters. The molecule has 0 aromatic rings. The Morgan fingerprint density at radius 1 is 0.286 bits per heavy atom. The Kier molecular flexibility index (Phi) is 30.2. The van der Waals surface area contributed by atoms with Crippen LogP contribution in [0.4, 0.5) is 0 Å². The molecule has 0 aromatic heterocycles. The van der Waals surface area contributed by atoms with Crippen LogP contribution in [0.2, 0.25) is 0 Å². The summed E-state index contributed by atoms with van der Waals surface area (Å²) in [6.45, 7) is 29.9. The third-order valence-corrected chi connectivity index (χ3v) is 35.3. The van der Waals surface area contributed by atoms with Gasteiger partial charge < -0.3 is 0 Å². The van der Waals surface area contributed by atoms with Crippen LogP contribution in [-0.4, -0.2) is 0 Å². The van der Waals surface area contributed by atoms with Gasteiger partial charge in [0.15, 0.2) is 0 Å². The third kappa shape index (κ3) is 20.2. The lowest BCUT2D eigenvalue weighted by Gasteiger charge is -2.39. The largest absolute Gasteiger partial charge is 0.0996 e. The number of allylic oxidation sites excluding steroid dienone is 2. The van der Waals surface area contributed by atoms with Crippen LogP contribution in [-0.2, 0) is 0 Å². The fraction of sp³-hybridized carbons (Fsp3) is 0.959. The predicted molar refractivity (Wildman–Crippen MR) is 427 cm³/mol. The molecular weight excluding hydrogens is 1180 g/mol. The molecule has 98 heavy (non-hydrogen) atoms. The van der Waals surface area contributed by atoms with Crippen molar-refractivity contribution in [1.29, 1.82) is 0 Å². The number of hydrogen-bond acceptors (Lipinski definition) is 0. The first-order valence-corrected chi connectivity index (χ1v) is 47.2. The molecule has 30 atom stereocenters. The fourth-order valence-corrected chi connectivity index (χ4v) is 30.9. The topological polar surface area (TPSA) is 0 Å². The van der Waals surface area contributed by atoms with Crippen LogP contribution in [0.3, 0.4) is 0 Å². The van der Waals surface area contributed by atoms with E-state index < -0.39 is 0 Å². The van der Waals surface area contributed by atoms with Crippen LogP contribution < -0.4 is 0 Å². The van der Waals surface area contributed by atoms with Gasteiger partial charge in [-0.2, -0.15) is 0 Å². The molecule has 0 N–H and O–H groups in total. The van der Waals surface area contributed by atoms with Crippen LogP contribution in [0.1, 0.15) is 415 Å². The van der Waals surface area contributed by atoms with Crippen molar-refractivity contribution < 1.29 is 0 Å². The Hall–Kier alpha value is -0.520. The average Bonchev–Trinajstić information content (AvgIpc) is 1.66. The first-order valence-electron chi connectivity index (χ1n) is 47.2. The lowest BCUT2D eigenvalue weighted by atomic mass is 9.66. The van der Waals surface area contributed by atoms with Crippen LogP contribution in [0.25, 0.3) is 0 Å². The van der Waals surface area contributed by atoms with Gasteiger partial charge in [-0.15, -0.1) is 0 Å². The lowest BCUT2D eigenvalue weighted by Crippen LogP contribution is -2.29. The van der Waals surface area contributed by atoms with E-state index in [1.165, 1.54) is 148 Å². The van der Waals surface area contributed by atoms with Gasteiger partial charge in [0.2, 0.25) is 0 Å². The minimum absolute atomic E-state index is 0.813. The molecule has 12 aliphatic carbocycles. The molecule has 12 rings (SSSR count). The quantitative estimate of drug-likeness (QED) is 0.0555. The van der Waals surface area contributed by atoms with E-state index in [1.54, 1.807) is 223 Å². The maximum Gasteiger partial charge on any atom is -0.0175 e. The van der Waals surface area contributed by atoms with Gasteiger partial charge in [-0.25, -0.2) is 0 Å². The Labute approximate surface area is 613 Å². The Morgan fingerprint density at radius 2 is 0.663 bits per heavy atom. The van der Waals surface area contributed by atoms with Gasteiger partial charge in [-0.1, -0.05) is 259 Å². The van der Waals surface area contributed by atoms with E-state index in [1.807, 2.05) is 0 Å². The molecule has 0 radical (unpaired) electrons. The zero-order valence-electron chi connectivity index (χ0n) is 67.3. The molecule has 0 amide bonds. The molecule has 0 nitrogen and oxygen atoms in total. The van der Waals surface area contributed by atoms with Gasteiger partial charge >= 0.3 is 0 Å². The Balaban J connectivity index is 0.630. The predicted octanol–water partition coefficient (Wildman–Crippen LogP) is 30.8. The molecule has 0 saturated heterocycles. The molecule has 0 spiro atoms. The van der Waals surface area contributed by atoms with Gasteiger partial charge in [0.25, 0.3) is 0 Å². The van der Waals surface area contributed by atoms with E-state index in [-0.39, 0.29) is 0 Å². The third-order valence-electron chi connectivity index (χ3n) is 35.3. The van der Waals surface area contributed by atoms with Crippen molar-refractivity contribution in [3.63, 3.8) is 0 Å². The maximum atomic E-state index is 4.95. The number of rotatable bonds is 35. The summed E-state index contributed by atoms with van der Waals surface area (Å²) < 4.78 is 0. The van der Waals surface area contributed by atoms with Gasteiger partial charge in [0, 0.05) is 0 Å². The molecule has 12 aliphatic rings. The minimum Gasteiger partial charge on any atom is -0.0996 e. The summed E-state index contributed by atoms with van der Waals surface area (Å²) in [5, 5.41) is 0. The van der Waals surface area contributed by atoms with Crippen molar-refractivity contribution in [2.24, 2.45) is 178 Å². The first kappa shape index (κ1) is 77.1. The summed E-state index contributed by atoms with van der Waals surface area (Å²) in [7, 11) is 0. The highest BCUT2D eigenvalue weighted by Gasteiger charge is 2.49. The summed E-state index contributed by atoms with van der Waals surface area (Å²) >= 11 is 0. The lowest BCUT2D eigenvalue weighted by molar-refractivity contribution is 0.113. The molecular formula is C98H170. The molecule has 12 fully saturated rings. The highest BCUT2D eigenvalue weighted by atomic mass is 14.5. The van der Waals surface area contributed by atoms with Gasteiger partial charge in [-0.3, -0.25) is 0 Å². The van der Waals surface area contributed by atoms with Crippen molar-refractivity contribution in [3.05, 3.63) is 24.3 Å². The first-order chi connectivity index (χ1) is 47.9. The molecule has 0 aromatic carbocycles. The molecule has 0 heterocycles. The smallest absolute Gasteiger partial charge is 0.0175 e. The average molecular weight is 1350 g/mol. The van der Waals surface area contributed by atoms with Gasteiger partial charge in [0.05, 0.1) is 0 Å². The maximum absolute atomic E-state index is 4.95. The summed E-state index contributed by atoms with van der Waals surface area (Å²) in [6, 6.07) is 0. The van der Waals surface area contributed by atoms with E-state index in [9.17, 15) is 0 Å². The highest BCUT2D eigenvalue weighted by Crippen LogP contribution is 2.60. The van der Waals surface area contributed by atoms with Crippen LogP contribution in [0.15, 0.2) is 24.3 Å². The standard InChI is InChI=1S/C98H170/c1-11-22-67(7)92-49-48-84(70(92)10)57-73-29-18-30-74(54-73)58-85-36-21-37-86(85)64-94-68(8)38-41-87(94)59-76-32-20-35-79(56-76)63-91-50-69(9)93(27-16-6)98(91)66-97-83(26-15-5)44-47-90(97)62-78-34-19-33-77(55-78)61-89-46-43-82(25-14-4)96(89)65-95-81(24-13-3)42-45-88(95)60-75-31-17-28-72(52-75)53-80-40-39-71(51-80)23-12-2/h69-98H,7-8,11-66H2,1-6,9-10H3/t69-,70-,71-,72+,73-,74+,75-,76-,77+,78-,79+,80?,81+,82?,83+,84+,85-,86+,87?,88?,89-,90?,91?,92-,93-,94+,95+,96-,97+,98+/m0/s1. The molecule has 0 aliphatic heterocycles. The minimum atomic E-state index is 0.813. The summed E-state index contributed by atoms with van der Waals surface area (Å²) in [4.78, 5) is 0. The second kappa shape index (κ2) is 38.3. The highest BCUT2D eigenvalue weighted by molar-refractivity contribution is 5.11. The fourth-order valence-electron chi connectivity index (χ4n) is 30.9. The van der Waals surface area contributed by atoms with Crippen LogP contribution >= 0.6 is 0 Å². The summed E-state index contributed by atoms with van der Waals surface area (Å²) in [6.07, 6.45) is 86.0. The molecule has 562 valence electrons. The summed E-state index contributed by atoms with van der Waals surface area (Å²) in [5.41, 5.74) is 3.28. The van der Waals surface area contributed by atoms with Gasteiger partial charge in [0.1, 0.15) is 0 Å². The van der Waals surface area contributed by atoms with Gasteiger partial charge in [-0.05, 0) is 357 Å². The van der Waals surface area contributed by atoms with E-state index in [0.717, 1.165) is 178 Å². The van der Waals surface area contributed by atoms with E-state index in [0.29, 0.717) is 0 Å². The Bertz CT molecular complexity index is 2300. The normalized spacial score (nSPS) is 44.8. The van der Waals surface area contributed by atoms with Crippen LogP contribution in [0.5, 0.6) is 0 Å². The van der Waals surface area contributed by atoms with E-state index >= 15 is 0 Å². The SMILES string of the molecule is C=C1CCC(C[C@H]2CCC[C@@H](CC3C[C@H](C)[C@H](CCC)[C@@H]3C[C@H]3C(C[C@H]4CCC[C@@H](C[C@@H]5CCC(CCC)[C@@H]5C[C@H]5C(C[C@H]6CCC[C@@H](CC7CC[C@H](CCC)C7)C6)CC[C@H]5CCC)C4)CC[C@H]3CCC)C2)[C@@H]1C[C@H]1CCC[C@H]1C[C@@H]1CCC[C@H](C[C@H]2CC[C@@H](C(=C)CCC)[C@H]2C)C1. The van der Waals surface area contributed by atoms with Crippen molar-refractivity contribution in [2.45, 2.75) is 415 Å². The van der Waals surface area contributed by atoms with E-state index in [4.69, 9.17) is 6.58 Å². The number of hydrogen-bond donors (Lipinski definition) is 0. The van der Waals surface area contributed by atoms with Crippen molar-refractivity contribution in [2.75, 3.05) is 0 Å². The van der Waals surface area contributed by atoms with Crippen molar-refractivity contribution >= 4 is 0 Å². The summed E-state index contributed by atoms with van der Waals surface area (Å²) in [5.74, 6) is 30.1. The zero-order chi connectivity index (χ0) is 68.1. The second-order valence-electron chi connectivity index (χ2n) is 41.5. The second-order valence-corrected chi connectivity index (χ2v) is 41.5. The monoisotopic (exact) mass is 1350 g/mol. The van der Waals surface area contributed by atoms with E-state index in [2.05, 4.69) is 62.0 Å². The van der Waals surface area contributed by atoms with Crippen molar-refractivity contribution in [3.8, 4) is 0 Å². The van der Waals surface area contributed by atoms with Crippen molar-refractivity contribution in [1.82, 2.24) is 0 Å². The zero-order valence-corrected chi connectivity index (χ0v) is 67.3.